The van der Waals surface area contributed by atoms with Gasteiger partial charge in [-0.1, -0.05) is 23.8 Å². The van der Waals surface area contributed by atoms with Crippen LogP contribution in [0.15, 0.2) is 54.9 Å². The molecule has 1 aromatic heterocycles. The van der Waals surface area contributed by atoms with E-state index >= 15 is 0 Å². The number of aryl methyl sites for hydroxylation is 1. The van der Waals surface area contributed by atoms with Gasteiger partial charge in [-0.2, -0.15) is 0 Å². The Bertz CT molecular complexity index is 1130. The van der Waals surface area contributed by atoms with Crippen molar-refractivity contribution >= 4 is 11.7 Å². The fourth-order valence-electron chi connectivity index (χ4n) is 4.06. The molecule has 1 fully saturated rings. The predicted molar refractivity (Wildman–Crippen MR) is 123 cm³/mol. The SMILES string of the molecule is Cc1ccc(Oc2nccnc2N2CCC(C(=O)NCc3ccc4c(c3)OCO4)CC2)cc1. The van der Waals surface area contributed by atoms with E-state index in [0.29, 0.717) is 31.3 Å². The summed E-state index contributed by atoms with van der Waals surface area (Å²) in [5.74, 6) is 3.41. The van der Waals surface area contributed by atoms with E-state index in [1.807, 2.05) is 49.4 Å². The zero-order chi connectivity index (χ0) is 22.6. The first kappa shape index (κ1) is 21.1. The maximum Gasteiger partial charge on any atom is 0.263 e. The minimum atomic E-state index is -0.0339. The van der Waals surface area contributed by atoms with E-state index in [1.165, 1.54) is 5.56 Å². The van der Waals surface area contributed by atoms with E-state index in [2.05, 4.69) is 20.2 Å². The molecule has 8 nitrogen and oxygen atoms in total. The highest BCUT2D eigenvalue weighted by atomic mass is 16.7. The van der Waals surface area contributed by atoms with Crippen LogP contribution in [0, 0.1) is 12.8 Å². The van der Waals surface area contributed by atoms with Crippen LogP contribution in [0.25, 0.3) is 0 Å². The van der Waals surface area contributed by atoms with Gasteiger partial charge in [-0.05, 0) is 49.6 Å². The largest absolute Gasteiger partial charge is 0.454 e. The Morgan fingerprint density at radius 3 is 2.64 bits per heavy atom. The van der Waals surface area contributed by atoms with Crippen LogP contribution in [0.3, 0.4) is 0 Å². The first-order valence-corrected chi connectivity index (χ1v) is 11.1. The van der Waals surface area contributed by atoms with Gasteiger partial charge in [0, 0.05) is 37.9 Å². The summed E-state index contributed by atoms with van der Waals surface area (Å²) < 4.78 is 16.7. The summed E-state index contributed by atoms with van der Waals surface area (Å²) in [6.45, 7) is 4.17. The molecular formula is C25H26N4O4. The minimum Gasteiger partial charge on any atom is -0.454 e. The summed E-state index contributed by atoms with van der Waals surface area (Å²) in [6, 6.07) is 13.6. The van der Waals surface area contributed by atoms with Crippen LogP contribution in [0.2, 0.25) is 0 Å². The van der Waals surface area contributed by atoms with Crippen LogP contribution < -0.4 is 24.4 Å². The second kappa shape index (κ2) is 9.36. The van der Waals surface area contributed by atoms with Crippen molar-refractivity contribution in [3.8, 4) is 23.1 Å². The molecule has 33 heavy (non-hydrogen) atoms. The number of hydrogen-bond donors (Lipinski definition) is 1. The molecule has 8 heteroatoms. The van der Waals surface area contributed by atoms with Crippen LogP contribution in [0.4, 0.5) is 5.82 Å². The Kier molecular flexibility index (Phi) is 5.97. The number of rotatable bonds is 6. The van der Waals surface area contributed by atoms with Crippen molar-refractivity contribution in [1.82, 2.24) is 15.3 Å². The van der Waals surface area contributed by atoms with Gasteiger partial charge in [0.2, 0.25) is 12.7 Å². The van der Waals surface area contributed by atoms with Crippen molar-refractivity contribution in [2.24, 2.45) is 5.92 Å². The van der Waals surface area contributed by atoms with Gasteiger partial charge in [0.1, 0.15) is 5.75 Å². The van der Waals surface area contributed by atoms with Crippen LogP contribution >= 0.6 is 0 Å². The molecule has 170 valence electrons. The lowest BCUT2D eigenvalue weighted by atomic mass is 9.96. The third-order valence-corrected chi connectivity index (χ3v) is 5.95. The molecule has 2 aliphatic rings. The molecule has 0 atom stereocenters. The van der Waals surface area contributed by atoms with Gasteiger partial charge < -0.3 is 24.4 Å². The normalized spacial score (nSPS) is 15.4. The van der Waals surface area contributed by atoms with Gasteiger partial charge >= 0.3 is 0 Å². The van der Waals surface area contributed by atoms with E-state index in [4.69, 9.17) is 14.2 Å². The van der Waals surface area contributed by atoms with Crippen molar-refractivity contribution < 1.29 is 19.0 Å². The summed E-state index contributed by atoms with van der Waals surface area (Å²) in [5, 5.41) is 3.06. The van der Waals surface area contributed by atoms with Gasteiger partial charge in [-0.3, -0.25) is 4.79 Å². The Hall–Kier alpha value is -3.81. The molecule has 0 radical (unpaired) electrons. The first-order chi connectivity index (χ1) is 16.2. The number of aromatic nitrogens is 2. The standard InChI is InChI=1S/C25H26N4O4/c1-17-2-5-20(6-3-17)33-25-23(26-10-11-27-25)29-12-8-19(9-13-29)24(30)28-15-18-4-7-21-22(14-18)32-16-31-21/h2-7,10-11,14,19H,8-9,12-13,15-16H2,1H3,(H,28,30). The molecule has 0 bridgehead atoms. The molecule has 2 aromatic carbocycles. The van der Waals surface area contributed by atoms with Crippen LogP contribution in [-0.2, 0) is 11.3 Å². The van der Waals surface area contributed by atoms with Crippen LogP contribution in [0.5, 0.6) is 23.1 Å². The van der Waals surface area contributed by atoms with E-state index in [9.17, 15) is 4.79 Å². The average molecular weight is 447 g/mol. The molecule has 3 aromatic rings. The highest BCUT2D eigenvalue weighted by Gasteiger charge is 2.27. The van der Waals surface area contributed by atoms with E-state index in [1.54, 1.807) is 12.4 Å². The van der Waals surface area contributed by atoms with E-state index in [0.717, 1.165) is 35.7 Å². The van der Waals surface area contributed by atoms with Gasteiger partial charge in [-0.15, -0.1) is 0 Å². The molecule has 2 aliphatic heterocycles. The van der Waals surface area contributed by atoms with Crippen LogP contribution in [-0.4, -0.2) is 35.8 Å². The van der Waals surface area contributed by atoms with Crippen molar-refractivity contribution in [3.05, 3.63) is 66.0 Å². The maximum atomic E-state index is 12.7. The minimum absolute atomic E-state index is 0.0339. The summed E-state index contributed by atoms with van der Waals surface area (Å²) in [6.07, 6.45) is 4.78. The number of benzene rings is 2. The van der Waals surface area contributed by atoms with Crippen molar-refractivity contribution in [2.75, 3.05) is 24.8 Å². The number of amides is 1. The number of ether oxygens (including phenoxy) is 3. The zero-order valence-electron chi connectivity index (χ0n) is 18.5. The lowest BCUT2D eigenvalue weighted by Crippen LogP contribution is -2.40. The number of nitrogens with zero attached hydrogens (tertiary/aromatic N) is 3. The Morgan fingerprint density at radius 2 is 1.82 bits per heavy atom. The Balaban J connectivity index is 1.16. The fraction of sp³-hybridized carbons (Fsp3) is 0.320. The van der Waals surface area contributed by atoms with Gasteiger partial charge in [-0.25, -0.2) is 9.97 Å². The quantitative estimate of drug-likeness (QED) is 0.616. The number of carbonyl (C=O) groups is 1. The molecule has 5 rings (SSSR count). The fourth-order valence-corrected chi connectivity index (χ4v) is 4.06. The highest BCUT2D eigenvalue weighted by molar-refractivity contribution is 5.79. The van der Waals surface area contributed by atoms with Gasteiger partial charge in [0.25, 0.3) is 5.88 Å². The average Bonchev–Trinajstić information content (AvgIpc) is 3.32. The number of nitrogens with one attached hydrogen (secondary N) is 1. The van der Waals surface area contributed by atoms with Crippen molar-refractivity contribution in [1.29, 1.82) is 0 Å². The maximum absolute atomic E-state index is 12.7. The van der Waals surface area contributed by atoms with Crippen molar-refractivity contribution in [2.45, 2.75) is 26.3 Å². The number of piperidine rings is 1. The number of fused-ring (bicyclic) bond motifs is 1. The van der Waals surface area contributed by atoms with Gasteiger partial charge in [0.05, 0.1) is 0 Å². The predicted octanol–water partition coefficient (Wildman–Crippen LogP) is 3.84. The second-order valence-corrected chi connectivity index (χ2v) is 8.27. The number of hydrogen-bond acceptors (Lipinski definition) is 7. The monoisotopic (exact) mass is 446 g/mol. The molecular weight excluding hydrogens is 420 g/mol. The van der Waals surface area contributed by atoms with E-state index in [-0.39, 0.29) is 18.6 Å². The first-order valence-electron chi connectivity index (χ1n) is 11.1. The summed E-state index contributed by atoms with van der Waals surface area (Å²) in [5.41, 5.74) is 2.16. The molecule has 0 saturated carbocycles. The zero-order valence-corrected chi connectivity index (χ0v) is 18.5. The third kappa shape index (κ3) is 4.84. The summed E-state index contributed by atoms with van der Waals surface area (Å²) in [7, 11) is 0. The molecule has 0 aliphatic carbocycles. The highest BCUT2D eigenvalue weighted by Crippen LogP contribution is 2.33. The van der Waals surface area contributed by atoms with Crippen molar-refractivity contribution in [3.63, 3.8) is 0 Å². The molecule has 1 amide bonds. The Labute approximate surface area is 192 Å². The Morgan fingerprint density at radius 1 is 1.06 bits per heavy atom. The smallest absolute Gasteiger partial charge is 0.263 e. The summed E-state index contributed by atoms with van der Waals surface area (Å²) in [4.78, 5) is 23.8. The molecule has 1 N–H and O–H groups in total. The number of carbonyl (C=O) groups excluding carboxylic acids is 1. The van der Waals surface area contributed by atoms with Crippen LogP contribution in [0.1, 0.15) is 24.0 Å². The van der Waals surface area contributed by atoms with E-state index < -0.39 is 0 Å². The lowest BCUT2D eigenvalue weighted by Gasteiger charge is -2.32. The number of anilines is 1. The molecule has 3 heterocycles. The second-order valence-electron chi connectivity index (χ2n) is 8.27. The lowest BCUT2D eigenvalue weighted by molar-refractivity contribution is -0.125. The third-order valence-electron chi connectivity index (χ3n) is 5.95. The molecule has 0 spiro atoms. The summed E-state index contributed by atoms with van der Waals surface area (Å²) >= 11 is 0. The van der Waals surface area contributed by atoms with Gasteiger partial charge in [0.15, 0.2) is 17.3 Å². The molecule has 0 unspecified atom stereocenters. The topological polar surface area (TPSA) is 85.8 Å². The molecule has 1 saturated heterocycles.